The Morgan fingerprint density at radius 2 is 1.12 bits per heavy atom. The highest BCUT2D eigenvalue weighted by Gasteiger charge is 2.20. The fourth-order valence-electron chi connectivity index (χ4n) is 7.36. The molecule has 52 heavy (non-hydrogen) atoms. The van der Waals surface area contributed by atoms with Crippen LogP contribution in [0.3, 0.4) is 0 Å². The van der Waals surface area contributed by atoms with Crippen LogP contribution < -0.4 is 0 Å². The van der Waals surface area contributed by atoms with E-state index in [9.17, 15) is 5.26 Å². The van der Waals surface area contributed by atoms with Gasteiger partial charge in [-0.3, -0.25) is 0 Å². The number of thiophene rings is 1. The van der Waals surface area contributed by atoms with Crippen LogP contribution >= 0.6 is 11.3 Å². The first-order valence-electron chi connectivity index (χ1n) is 17.2. The molecule has 0 spiro atoms. The number of para-hydroxylation sites is 1. The van der Waals surface area contributed by atoms with E-state index in [-0.39, 0.29) is 0 Å². The molecule has 10 aromatic rings. The normalized spacial score (nSPS) is 11.4. The second kappa shape index (κ2) is 12.2. The highest BCUT2D eigenvalue weighted by atomic mass is 32.1. The van der Waals surface area contributed by atoms with Gasteiger partial charge in [-0.25, -0.2) is 9.97 Å². The predicted molar refractivity (Wildman–Crippen MR) is 216 cm³/mol. The van der Waals surface area contributed by atoms with Crippen LogP contribution in [0.1, 0.15) is 5.56 Å². The molecule has 0 fully saturated rings. The van der Waals surface area contributed by atoms with Crippen LogP contribution in [0, 0.1) is 11.3 Å². The van der Waals surface area contributed by atoms with E-state index in [0.29, 0.717) is 11.4 Å². The quantitative estimate of drug-likeness (QED) is 0.182. The molecule has 0 saturated heterocycles. The second-order valence-corrected chi connectivity index (χ2v) is 14.0. The third-order valence-corrected chi connectivity index (χ3v) is 11.0. The minimum absolute atomic E-state index is 0.630. The summed E-state index contributed by atoms with van der Waals surface area (Å²) < 4.78 is 4.97. The van der Waals surface area contributed by atoms with Crippen LogP contribution in [0.25, 0.3) is 92.7 Å². The van der Waals surface area contributed by atoms with E-state index < -0.39 is 0 Å². The number of hydrogen-bond acceptors (Lipinski definition) is 4. The molecule has 5 heteroatoms. The molecule has 0 unspecified atom stereocenters. The summed E-state index contributed by atoms with van der Waals surface area (Å²) in [6.07, 6.45) is 0. The number of hydrogen-bond donors (Lipinski definition) is 0. The molecule has 0 N–H and O–H groups in total. The van der Waals surface area contributed by atoms with Crippen molar-refractivity contribution in [1.29, 1.82) is 5.26 Å². The van der Waals surface area contributed by atoms with Gasteiger partial charge in [0, 0.05) is 48.6 Å². The summed E-state index contributed by atoms with van der Waals surface area (Å²) >= 11 is 1.85. The zero-order valence-electron chi connectivity index (χ0n) is 27.9. The van der Waals surface area contributed by atoms with Crippen molar-refractivity contribution in [3.63, 3.8) is 0 Å². The highest BCUT2D eigenvalue weighted by Crippen LogP contribution is 2.44. The molecule has 4 nitrogen and oxygen atoms in total. The summed E-state index contributed by atoms with van der Waals surface area (Å²) in [7, 11) is 0. The van der Waals surface area contributed by atoms with Crippen LogP contribution in [0.4, 0.5) is 0 Å². The Kier molecular flexibility index (Phi) is 7.02. The van der Waals surface area contributed by atoms with Gasteiger partial charge >= 0.3 is 0 Å². The molecule has 3 aromatic heterocycles. The Morgan fingerprint density at radius 3 is 1.88 bits per heavy atom. The minimum Gasteiger partial charge on any atom is -0.308 e. The van der Waals surface area contributed by atoms with Gasteiger partial charge in [-0.05, 0) is 59.7 Å². The van der Waals surface area contributed by atoms with Crippen molar-refractivity contribution in [2.75, 3.05) is 0 Å². The first-order valence-corrected chi connectivity index (χ1v) is 18.0. The van der Waals surface area contributed by atoms with Crippen LogP contribution in [0.15, 0.2) is 170 Å². The minimum atomic E-state index is 0.630. The van der Waals surface area contributed by atoms with Crippen molar-refractivity contribution >= 4 is 53.3 Å². The summed E-state index contributed by atoms with van der Waals surface area (Å²) in [6.45, 7) is 0. The lowest BCUT2D eigenvalue weighted by Crippen LogP contribution is -1.99. The number of benzene rings is 7. The molecular weight excluding hydrogens is 653 g/mol. The Morgan fingerprint density at radius 1 is 0.481 bits per heavy atom. The average molecular weight is 681 g/mol. The number of nitrogens with zero attached hydrogens (tertiary/aromatic N) is 4. The predicted octanol–water partition coefficient (Wildman–Crippen LogP) is 12.5. The van der Waals surface area contributed by atoms with Gasteiger partial charge in [0.1, 0.15) is 0 Å². The number of rotatable bonds is 5. The van der Waals surface area contributed by atoms with Crippen molar-refractivity contribution in [2.24, 2.45) is 0 Å². The van der Waals surface area contributed by atoms with E-state index >= 15 is 0 Å². The molecule has 0 saturated carbocycles. The van der Waals surface area contributed by atoms with Gasteiger partial charge in [0.05, 0.1) is 38.8 Å². The molecule has 0 aliphatic rings. The molecule has 0 bridgehead atoms. The summed E-state index contributed by atoms with van der Waals surface area (Å²) in [6, 6.07) is 61.3. The van der Waals surface area contributed by atoms with E-state index in [0.717, 1.165) is 50.4 Å². The van der Waals surface area contributed by atoms with Crippen molar-refractivity contribution in [2.45, 2.75) is 0 Å². The molecule has 10 rings (SSSR count). The van der Waals surface area contributed by atoms with Crippen molar-refractivity contribution in [3.05, 3.63) is 175 Å². The van der Waals surface area contributed by atoms with Crippen molar-refractivity contribution in [1.82, 2.24) is 14.5 Å². The Labute approximate surface area is 304 Å². The topological polar surface area (TPSA) is 54.5 Å². The summed E-state index contributed by atoms with van der Waals surface area (Å²) in [5.41, 5.74) is 10.7. The van der Waals surface area contributed by atoms with E-state index in [2.05, 4.69) is 120 Å². The third-order valence-electron chi connectivity index (χ3n) is 9.83. The molecule has 7 aromatic carbocycles. The fraction of sp³-hybridized carbons (Fsp3) is 0. The molecule has 0 aliphatic heterocycles. The maximum absolute atomic E-state index is 9.57. The van der Waals surface area contributed by atoms with Crippen LogP contribution in [-0.4, -0.2) is 14.5 Å². The van der Waals surface area contributed by atoms with Crippen LogP contribution in [0.5, 0.6) is 0 Å². The number of nitriles is 1. The zero-order valence-corrected chi connectivity index (χ0v) is 28.7. The monoisotopic (exact) mass is 680 g/mol. The average Bonchev–Trinajstić information content (AvgIpc) is 3.77. The highest BCUT2D eigenvalue weighted by molar-refractivity contribution is 7.26. The van der Waals surface area contributed by atoms with Gasteiger partial charge in [-0.15, -0.1) is 11.3 Å². The van der Waals surface area contributed by atoms with Crippen LogP contribution in [-0.2, 0) is 0 Å². The molecule has 0 atom stereocenters. The summed E-state index contributed by atoms with van der Waals surface area (Å²) in [5.74, 6) is 0.672. The largest absolute Gasteiger partial charge is 0.308 e. The Bertz CT molecular complexity index is 2950. The van der Waals surface area contributed by atoms with Gasteiger partial charge in [0.15, 0.2) is 5.82 Å². The lowest BCUT2D eigenvalue weighted by atomic mass is 9.98. The fourth-order valence-corrected chi connectivity index (χ4v) is 8.60. The first-order chi connectivity index (χ1) is 25.7. The zero-order chi connectivity index (χ0) is 34.6. The third kappa shape index (κ3) is 4.97. The maximum Gasteiger partial charge on any atom is 0.160 e. The van der Waals surface area contributed by atoms with Crippen LogP contribution in [0.2, 0.25) is 0 Å². The van der Waals surface area contributed by atoms with Gasteiger partial charge < -0.3 is 4.57 Å². The molecule has 0 radical (unpaired) electrons. The molecule has 0 amide bonds. The molecule has 3 heterocycles. The van der Waals surface area contributed by atoms with Crippen molar-refractivity contribution < 1.29 is 0 Å². The molecular formula is C47H28N4S. The van der Waals surface area contributed by atoms with E-state index in [1.54, 1.807) is 0 Å². The van der Waals surface area contributed by atoms with E-state index in [4.69, 9.17) is 9.97 Å². The Balaban J connectivity index is 1.29. The van der Waals surface area contributed by atoms with Crippen molar-refractivity contribution in [3.8, 4) is 56.8 Å². The van der Waals surface area contributed by atoms with E-state index in [1.165, 1.54) is 36.5 Å². The molecule has 242 valence electrons. The maximum atomic E-state index is 9.57. The molecule has 0 aliphatic carbocycles. The standard InChI is InChI=1S/C47H28N4S/c48-29-30-19-21-31(22-20-30)34-25-35(42-28-41(32-11-3-1-4-12-32)49-47(50-42)33-13-5-2-6-14-33)27-36(26-34)51-43-17-9-7-15-37(43)39-23-24-40-38-16-8-10-18-44(38)52-46(40)45(39)51/h1-28H. The van der Waals surface area contributed by atoms with Gasteiger partial charge in [0.2, 0.25) is 0 Å². The van der Waals surface area contributed by atoms with Gasteiger partial charge in [-0.2, -0.15) is 5.26 Å². The number of fused-ring (bicyclic) bond motifs is 7. The SMILES string of the molecule is N#Cc1ccc(-c2cc(-c3cc(-c4ccccc4)nc(-c4ccccc4)n3)cc(-n3c4ccccc4c4ccc5c6ccccc6sc5c43)c2)cc1. The summed E-state index contributed by atoms with van der Waals surface area (Å²) in [4.78, 5) is 10.3. The number of aromatic nitrogens is 3. The van der Waals surface area contributed by atoms with Gasteiger partial charge in [-0.1, -0.05) is 121 Å². The first kappa shape index (κ1) is 30.0. The lowest BCUT2D eigenvalue weighted by molar-refractivity contribution is 1.17. The smallest absolute Gasteiger partial charge is 0.160 e. The van der Waals surface area contributed by atoms with Gasteiger partial charge in [0.25, 0.3) is 0 Å². The Hall–Kier alpha value is -6.87. The lowest BCUT2D eigenvalue weighted by Gasteiger charge is -2.15. The second-order valence-electron chi connectivity index (χ2n) is 12.9. The summed E-state index contributed by atoms with van der Waals surface area (Å²) in [5, 5.41) is 14.5. The van der Waals surface area contributed by atoms with E-state index in [1.807, 2.05) is 72.0 Å².